The smallest absolute Gasteiger partial charge is 0.409 e. The summed E-state index contributed by atoms with van der Waals surface area (Å²) in [4.78, 5) is 22.9. The van der Waals surface area contributed by atoms with Crippen molar-refractivity contribution in [3.05, 3.63) is 35.9 Å². The molecule has 0 spiro atoms. The summed E-state index contributed by atoms with van der Waals surface area (Å²) in [7, 11) is 1.83. The van der Waals surface area contributed by atoms with Crippen LogP contribution in [0.4, 0.5) is 4.79 Å². The van der Waals surface area contributed by atoms with Gasteiger partial charge in [0.1, 0.15) is 0 Å². The van der Waals surface area contributed by atoms with E-state index in [1.807, 2.05) is 14.0 Å². The van der Waals surface area contributed by atoms with Crippen molar-refractivity contribution in [3.8, 4) is 0 Å². The molecule has 2 saturated heterocycles. The van der Waals surface area contributed by atoms with Crippen LogP contribution in [0.15, 0.2) is 35.3 Å². The molecule has 2 aliphatic rings. The molecular formula is C22H36IN5O2. The minimum absolute atomic E-state index is 0. The minimum Gasteiger partial charge on any atom is -0.450 e. The normalized spacial score (nSPS) is 20.1. The molecule has 0 aromatic heterocycles. The van der Waals surface area contributed by atoms with Gasteiger partial charge in [-0.1, -0.05) is 30.3 Å². The maximum atomic E-state index is 11.9. The Morgan fingerprint density at radius 2 is 1.83 bits per heavy atom. The van der Waals surface area contributed by atoms with Crippen LogP contribution in [0.3, 0.4) is 0 Å². The van der Waals surface area contributed by atoms with Crippen molar-refractivity contribution in [3.63, 3.8) is 0 Å². The zero-order valence-corrected chi connectivity index (χ0v) is 20.6. The molecule has 1 aromatic rings. The Morgan fingerprint density at radius 1 is 1.13 bits per heavy atom. The maximum Gasteiger partial charge on any atom is 0.409 e. The summed E-state index contributed by atoms with van der Waals surface area (Å²) in [6, 6.07) is 10.7. The summed E-state index contributed by atoms with van der Waals surface area (Å²) in [6.45, 7) is 9.59. The Hall–Kier alpha value is -1.55. The van der Waals surface area contributed by atoms with Gasteiger partial charge in [-0.3, -0.25) is 4.99 Å². The first-order valence-electron chi connectivity index (χ1n) is 10.8. The van der Waals surface area contributed by atoms with E-state index in [1.165, 1.54) is 18.5 Å². The number of piperazine rings is 1. The molecule has 0 saturated carbocycles. The number of rotatable bonds is 6. The molecule has 1 amide bonds. The molecule has 2 aliphatic heterocycles. The van der Waals surface area contributed by atoms with Gasteiger partial charge in [0.05, 0.1) is 6.61 Å². The number of nitrogens with zero attached hydrogens (tertiary/aromatic N) is 4. The number of amides is 1. The molecule has 8 heteroatoms. The van der Waals surface area contributed by atoms with Crippen LogP contribution in [0, 0.1) is 5.92 Å². The Kier molecular flexibility index (Phi) is 10.7. The Labute approximate surface area is 197 Å². The van der Waals surface area contributed by atoms with Crippen LogP contribution in [-0.4, -0.2) is 92.8 Å². The fourth-order valence-electron chi connectivity index (χ4n) is 4.10. The van der Waals surface area contributed by atoms with Crippen LogP contribution >= 0.6 is 24.0 Å². The van der Waals surface area contributed by atoms with Crippen LogP contribution in [0.5, 0.6) is 0 Å². The van der Waals surface area contributed by atoms with Crippen LogP contribution in [0.25, 0.3) is 0 Å². The third-order valence-corrected chi connectivity index (χ3v) is 5.80. The van der Waals surface area contributed by atoms with Crippen LogP contribution < -0.4 is 5.32 Å². The molecule has 0 bridgehead atoms. The number of hydrogen-bond donors (Lipinski definition) is 1. The van der Waals surface area contributed by atoms with Gasteiger partial charge in [-0.2, -0.15) is 0 Å². The van der Waals surface area contributed by atoms with Crippen molar-refractivity contribution >= 4 is 36.0 Å². The quantitative estimate of drug-likeness (QED) is 0.349. The average Bonchev–Trinajstić information content (AvgIpc) is 3.22. The van der Waals surface area contributed by atoms with Crippen molar-refractivity contribution in [2.75, 3.05) is 66.0 Å². The Morgan fingerprint density at radius 3 is 2.50 bits per heavy atom. The van der Waals surface area contributed by atoms with E-state index in [-0.39, 0.29) is 30.1 Å². The number of hydrogen-bond acceptors (Lipinski definition) is 4. The third kappa shape index (κ3) is 7.30. The second kappa shape index (κ2) is 13.0. The van der Waals surface area contributed by atoms with E-state index in [4.69, 9.17) is 4.74 Å². The highest BCUT2D eigenvalue weighted by Crippen LogP contribution is 2.16. The number of aliphatic imine (C=N–C) groups is 1. The molecular weight excluding hydrogens is 493 g/mol. The van der Waals surface area contributed by atoms with Gasteiger partial charge in [-0.25, -0.2) is 4.79 Å². The SMILES string of the molecule is CCOC(=O)N1CCN(C(=NC)NCC2CCN(CCc3ccccc3)C2)CC1.I. The zero-order valence-electron chi connectivity index (χ0n) is 18.3. The second-order valence-corrected chi connectivity index (χ2v) is 7.79. The van der Waals surface area contributed by atoms with E-state index in [0.29, 0.717) is 25.6 Å². The van der Waals surface area contributed by atoms with Crippen molar-refractivity contribution in [2.45, 2.75) is 19.8 Å². The molecule has 7 nitrogen and oxygen atoms in total. The summed E-state index contributed by atoms with van der Waals surface area (Å²) in [5.41, 5.74) is 1.41. The fourth-order valence-corrected chi connectivity index (χ4v) is 4.10. The van der Waals surface area contributed by atoms with Gasteiger partial charge >= 0.3 is 6.09 Å². The molecule has 1 unspecified atom stereocenters. The summed E-state index contributed by atoms with van der Waals surface area (Å²) >= 11 is 0. The molecule has 3 rings (SSSR count). The molecule has 1 atom stereocenters. The van der Waals surface area contributed by atoms with Crippen LogP contribution in [-0.2, 0) is 11.2 Å². The molecule has 0 aliphatic carbocycles. The first-order valence-corrected chi connectivity index (χ1v) is 10.8. The van der Waals surface area contributed by atoms with E-state index < -0.39 is 0 Å². The highest BCUT2D eigenvalue weighted by molar-refractivity contribution is 14.0. The highest BCUT2D eigenvalue weighted by atomic mass is 127. The summed E-state index contributed by atoms with van der Waals surface area (Å²) < 4.78 is 5.09. The molecule has 2 fully saturated rings. The number of nitrogens with one attached hydrogen (secondary N) is 1. The number of carbonyl (C=O) groups excluding carboxylic acids is 1. The van der Waals surface area contributed by atoms with Gasteiger partial charge in [-0.05, 0) is 37.8 Å². The molecule has 1 aromatic carbocycles. The number of guanidine groups is 1. The standard InChI is InChI=1S/C22H35N5O2.HI/c1-3-29-22(28)27-15-13-26(14-16-27)21(23-2)24-17-20-10-12-25(18-20)11-9-19-7-5-4-6-8-19;/h4-8,20H,3,9-18H2,1-2H3,(H,23,24);1H. The average molecular weight is 529 g/mol. The van der Waals surface area contributed by atoms with Crippen molar-refractivity contribution < 1.29 is 9.53 Å². The number of benzene rings is 1. The number of ether oxygens (including phenoxy) is 1. The number of halogens is 1. The third-order valence-electron chi connectivity index (χ3n) is 5.80. The largest absolute Gasteiger partial charge is 0.450 e. The number of likely N-dealkylation sites (tertiary alicyclic amines) is 1. The predicted octanol–water partition coefficient (Wildman–Crippen LogP) is 2.52. The first-order chi connectivity index (χ1) is 14.2. The van der Waals surface area contributed by atoms with E-state index in [2.05, 4.69) is 50.4 Å². The predicted molar refractivity (Wildman–Crippen MR) is 132 cm³/mol. The Balaban J connectivity index is 0.00000320. The van der Waals surface area contributed by atoms with E-state index in [1.54, 1.807) is 4.90 Å². The summed E-state index contributed by atoms with van der Waals surface area (Å²) in [5, 5.41) is 3.56. The minimum atomic E-state index is -0.211. The van der Waals surface area contributed by atoms with Gasteiger partial charge < -0.3 is 24.8 Å². The monoisotopic (exact) mass is 529 g/mol. The fraction of sp³-hybridized carbons (Fsp3) is 0.636. The first kappa shape index (κ1) is 24.7. The van der Waals surface area contributed by atoms with Crippen LogP contribution in [0.1, 0.15) is 18.9 Å². The summed E-state index contributed by atoms with van der Waals surface area (Å²) in [6.07, 6.45) is 2.14. The molecule has 2 heterocycles. The van der Waals surface area contributed by atoms with Crippen LogP contribution in [0.2, 0.25) is 0 Å². The van der Waals surface area contributed by atoms with Gasteiger partial charge in [0.25, 0.3) is 0 Å². The highest BCUT2D eigenvalue weighted by Gasteiger charge is 2.26. The maximum absolute atomic E-state index is 11.9. The summed E-state index contributed by atoms with van der Waals surface area (Å²) in [5.74, 6) is 1.60. The van der Waals surface area contributed by atoms with Crippen molar-refractivity contribution in [1.29, 1.82) is 0 Å². The van der Waals surface area contributed by atoms with E-state index in [0.717, 1.165) is 45.1 Å². The molecule has 1 N–H and O–H groups in total. The van der Waals surface area contributed by atoms with Gasteiger partial charge in [0.15, 0.2) is 5.96 Å². The van der Waals surface area contributed by atoms with Crippen molar-refractivity contribution in [2.24, 2.45) is 10.9 Å². The van der Waals surface area contributed by atoms with Gasteiger partial charge in [0, 0.05) is 52.9 Å². The molecule has 0 radical (unpaired) electrons. The molecule has 30 heavy (non-hydrogen) atoms. The lowest BCUT2D eigenvalue weighted by atomic mass is 10.1. The topological polar surface area (TPSA) is 60.4 Å². The van der Waals surface area contributed by atoms with Crippen molar-refractivity contribution in [1.82, 2.24) is 20.0 Å². The number of carbonyl (C=O) groups is 1. The Bertz CT molecular complexity index is 665. The van der Waals surface area contributed by atoms with E-state index >= 15 is 0 Å². The lowest BCUT2D eigenvalue weighted by molar-refractivity contribution is 0.0914. The van der Waals surface area contributed by atoms with Gasteiger partial charge in [-0.15, -0.1) is 24.0 Å². The van der Waals surface area contributed by atoms with E-state index in [9.17, 15) is 4.79 Å². The van der Waals surface area contributed by atoms with Gasteiger partial charge in [0.2, 0.25) is 0 Å². The lowest BCUT2D eigenvalue weighted by Gasteiger charge is -2.36. The second-order valence-electron chi connectivity index (χ2n) is 7.79. The lowest BCUT2D eigenvalue weighted by Crippen LogP contribution is -2.54. The zero-order chi connectivity index (χ0) is 20.5. The molecule has 168 valence electrons.